The molecule has 2 aromatic carbocycles. The highest BCUT2D eigenvalue weighted by Gasteiger charge is 2.15. The maximum atomic E-state index is 5.54. The molecule has 1 N–H and O–H groups in total. The number of ether oxygens (including phenoxy) is 1. The van der Waals surface area contributed by atoms with Crippen LogP contribution in [-0.4, -0.2) is 36.2 Å². The van der Waals surface area contributed by atoms with E-state index in [0.717, 1.165) is 37.7 Å². The van der Waals surface area contributed by atoms with Gasteiger partial charge in [0.25, 0.3) is 0 Å². The highest BCUT2D eigenvalue weighted by Crippen LogP contribution is 2.21. The molecule has 0 saturated carbocycles. The molecule has 0 atom stereocenters. The molecular weight excluding hydrogens is 304 g/mol. The molecule has 1 aliphatic heterocycles. The fraction of sp³-hybridized carbons (Fsp3) is 0.211. The van der Waals surface area contributed by atoms with E-state index in [1.165, 1.54) is 5.56 Å². The summed E-state index contributed by atoms with van der Waals surface area (Å²) >= 11 is 5.54. The number of nitrogens with one attached hydrogen (secondary N) is 1. The van der Waals surface area contributed by atoms with Gasteiger partial charge in [-0.1, -0.05) is 60.7 Å². The Balaban J connectivity index is 1.83. The first-order chi connectivity index (χ1) is 11.3. The van der Waals surface area contributed by atoms with Gasteiger partial charge in [0.2, 0.25) is 0 Å². The van der Waals surface area contributed by atoms with Crippen molar-refractivity contribution in [3.8, 4) is 0 Å². The Morgan fingerprint density at radius 2 is 1.57 bits per heavy atom. The number of hydrogen-bond donors (Lipinski definition) is 1. The van der Waals surface area contributed by atoms with Gasteiger partial charge in [-0.15, -0.1) is 0 Å². The molecule has 118 valence electrons. The third-order valence-corrected chi connectivity index (χ3v) is 3.95. The van der Waals surface area contributed by atoms with Gasteiger partial charge in [0.15, 0.2) is 0 Å². The van der Waals surface area contributed by atoms with Crippen molar-refractivity contribution in [3.05, 3.63) is 72.3 Å². The van der Waals surface area contributed by atoms with Gasteiger partial charge in [-0.3, -0.25) is 0 Å². The monoisotopic (exact) mass is 324 g/mol. The number of thiocarbonyl (C=S) groups is 1. The SMILES string of the molecule is S=C(/C=C(\c1ccccc1)N1CCOCC1)Nc1ccccc1. The molecule has 0 radical (unpaired) electrons. The van der Waals surface area contributed by atoms with Crippen molar-refractivity contribution in [2.75, 3.05) is 31.6 Å². The van der Waals surface area contributed by atoms with Crippen LogP contribution in [0, 0.1) is 0 Å². The van der Waals surface area contributed by atoms with Crippen molar-refractivity contribution < 1.29 is 4.74 Å². The smallest absolute Gasteiger partial charge is 0.105 e. The lowest BCUT2D eigenvalue weighted by Gasteiger charge is -2.31. The second-order valence-electron chi connectivity index (χ2n) is 5.35. The van der Waals surface area contributed by atoms with Gasteiger partial charge in [-0.25, -0.2) is 0 Å². The molecule has 1 saturated heterocycles. The Bertz CT molecular complexity index is 664. The molecule has 0 bridgehead atoms. The second-order valence-corrected chi connectivity index (χ2v) is 5.79. The van der Waals surface area contributed by atoms with Crippen LogP contribution >= 0.6 is 12.2 Å². The summed E-state index contributed by atoms with van der Waals surface area (Å²) in [5, 5.41) is 3.28. The normalized spacial score (nSPS) is 15.3. The van der Waals surface area contributed by atoms with Crippen molar-refractivity contribution in [1.29, 1.82) is 0 Å². The van der Waals surface area contributed by atoms with Crippen LogP contribution in [0.5, 0.6) is 0 Å². The van der Waals surface area contributed by atoms with E-state index >= 15 is 0 Å². The topological polar surface area (TPSA) is 24.5 Å². The van der Waals surface area contributed by atoms with E-state index in [1.54, 1.807) is 0 Å². The first kappa shape index (κ1) is 15.7. The Hall–Kier alpha value is -2.17. The van der Waals surface area contributed by atoms with Gasteiger partial charge in [0, 0.05) is 24.5 Å². The van der Waals surface area contributed by atoms with Gasteiger partial charge in [-0.05, 0) is 23.8 Å². The zero-order valence-corrected chi connectivity index (χ0v) is 13.8. The van der Waals surface area contributed by atoms with Crippen LogP contribution in [0.15, 0.2) is 66.7 Å². The number of hydrogen-bond acceptors (Lipinski definition) is 3. The Kier molecular flexibility index (Phi) is 5.40. The molecule has 0 unspecified atom stereocenters. The zero-order chi connectivity index (χ0) is 15.9. The number of morpholine rings is 1. The Morgan fingerprint density at radius 1 is 0.957 bits per heavy atom. The predicted octanol–water partition coefficient (Wildman–Crippen LogP) is 3.80. The van der Waals surface area contributed by atoms with Crippen molar-refractivity contribution in [3.63, 3.8) is 0 Å². The number of rotatable bonds is 4. The average molecular weight is 324 g/mol. The van der Waals surface area contributed by atoms with Crippen molar-refractivity contribution in [2.45, 2.75) is 0 Å². The summed E-state index contributed by atoms with van der Waals surface area (Å²) < 4.78 is 5.47. The van der Waals surface area contributed by atoms with Crippen LogP contribution in [0.25, 0.3) is 5.70 Å². The summed E-state index contributed by atoms with van der Waals surface area (Å²) in [5.41, 5.74) is 3.32. The maximum Gasteiger partial charge on any atom is 0.105 e. The van der Waals surface area contributed by atoms with Crippen molar-refractivity contribution in [2.24, 2.45) is 0 Å². The van der Waals surface area contributed by atoms with E-state index in [0.29, 0.717) is 4.99 Å². The second kappa shape index (κ2) is 7.90. The summed E-state index contributed by atoms with van der Waals surface area (Å²) in [6.45, 7) is 3.27. The fourth-order valence-electron chi connectivity index (χ4n) is 2.59. The first-order valence-electron chi connectivity index (χ1n) is 7.79. The minimum atomic E-state index is 0.710. The molecule has 0 amide bonds. The summed E-state index contributed by atoms with van der Waals surface area (Å²) in [7, 11) is 0. The minimum absolute atomic E-state index is 0.710. The molecule has 0 aromatic heterocycles. The maximum absolute atomic E-state index is 5.54. The predicted molar refractivity (Wildman–Crippen MR) is 99.5 cm³/mol. The Labute approximate surface area is 142 Å². The van der Waals surface area contributed by atoms with Crippen molar-refractivity contribution in [1.82, 2.24) is 4.90 Å². The zero-order valence-electron chi connectivity index (χ0n) is 12.9. The van der Waals surface area contributed by atoms with Gasteiger partial charge in [-0.2, -0.15) is 0 Å². The van der Waals surface area contributed by atoms with E-state index in [4.69, 9.17) is 17.0 Å². The third-order valence-electron chi connectivity index (χ3n) is 3.73. The van der Waals surface area contributed by atoms with Crippen LogP contribution in [0.4, 0.5) is 5.69 Å². The van der Waals surface area contributed by atoms with E-state index in [-0.39, 0.29) is 0 Å². The van der Waals surface area contributed by atoms with E-state index in [2.05, 4.69) is 34.5 Å². The molecule has 0 aliphatic carbocycles. The van der Waals surface area contributed by atoms with Gasteiger partial charge >= 0.3 is 0 Å². The highest BCUT2D eigenvalue weighted by molar-refractivity contribution is 7.81. The van der Waals surface area contributed by atoms with Crippen molar-refractivity contribution >= 4 is 28.6 Å². The molecule has 23 heavy (non-hydrogen) atoms. The largest absolute Gasteiger partial charge is 0.378 e. The molecule has 0 spiro atoms. The lowest BCUT2D eigenvalue weighted by molar-refractivity contribution is 0.0640. The quantitative estimate of drug-likeness (QED) is 0.683. The minimum Gasteiger partial charge on any atom is -0.378 e. The highest BCUT2D eigenvalue weighted by atomic mass is 32.1. The summed E-state index contributed by atoms with van der Waals surface area (Å²) in [6, 6.07) is 20.4. The first-order valence-corrected chi connectivity index (χ1v) is 8.19. The molecule has 2 aromatic rings. The van der Waals surface area contributed by atoms with Gasteiger partial charge in [0.05, 0.1) is 13.2 Å². The summed E-state index contributed by atoms with van der Waals surface area (Å²) in [4.78, 5) is 3.04. The van der Waals surface area contributed by atoms with E-state index in [9.17, 15) is 0 Å². The third kappa shape index (κ3) is 4.41. The number of nitrogens with zero attached hydrogens (tertiary/aromatic N) is 1. The van der Waals surface area contributed by atoms with E-state index in [1.807, 2.05) is 42.5 Å². The molecule has 1 heterocycles. The van der Waals surface area contributed by atoms with Gasteiger partial charge < -0.3 is 15.0 Å². The van der Waals surface area contributed by atoms with Gasteiger partial charge in [0.1, 0.15) is 4.99 Å². The van der Waals surface area contributed by atoms with Crippen LogP contribution < -0.4 is 5.32 Å². The average Bonchev–Trinajstić information content (AvgIpc) is 2.62. The molecule has 3 rings (SSSR count). The number of benzene rings is 2. The lowest BCUT2D eigenvalue weighted by Crippen LogP contribution is -2.35. The number of anilines is 1. The summed E-state index contributed by atoms with van der Waals surface area (Å²) in [5.74, 6) is 0. The van der Waals surface area contributed by atoms with Crippen LogP contribution in [0.2, 0.25) is 0 Å². The standard InChI is InChI=1S/C19H20N2OS/c23-19(20-17-9-5-2-6-10-17)15-18(16-7-3-1-4-8-16)21-11-13-22-14-12-21/h1-10,15H,11-14H2,(H,20,23)/b18-15+. The molecule has 4 heteroatoms. The van der Waals surface area contributed by atoms with E-state index < -0.39 is 0 Å². The molecular formula is C19H20N2OS. The lowest BCUT2D eigenvalue weighted by atomic mass is 10.1. The Morgan fingerprint density at radius 3 is 2.22 bits per heavy atom. The molecule has 1 aliphatic rings. The fourth-order valence-corrected chi connectivity index (χ4v) is 2.82. The molecule has 1 fully saturated rings. The molecule has 3 nitrogen and oxygen atoms in total. The van der Waals surface area contributed by atoms with Crippen LogP contribution in [-0.2, 0) is 4.74 Å². The van der Waals surface area contributed by atoms with Crippen LogP contribution in [0.3, 0.4) is 0 Å². The summed E-state index contributed by atoms with van der Waals surface area (Å²) in [6.07, 6.45) is 2.04. The number of para-hydroxylation sites is 1. The van der Waals surface area contributed by atoms with Crippen LogP contribution in [0.1, 0.15) is 5.56 Å².